The Hall–Kier alpha value is -1.43. The molecule has 0 unspecified atom stereocenters. The van der Waals surface area contributed by atoms with Crippen LogP contribution in [0.3, 0.4) is 0 Å². The van der Waals surface area contributed by atoms with Gasteiger partial charge in [-0.25, -0.2) is 4.39 Å². The van der Waals surface area contributed by atoms with Crippen molar-refractivity contribution in [2.75, 3.05) is 13.1 Å². The normalized spacial score (nSPS) is 26.9. The van der Waals surface area contributed by atoms with Crippen LogP contribution in [0.15, 0.2) is 29.0 Å². The number of piperidine rings is 1. The Balaban J connectivity index is 1.59. The molecule has 1 saturated heterocycles. The van der Waals surface area contributed by atoms with Gasteiger partial charge in [0.2, 0.25) is 6.29 Å². The van der Waals surface area contributed by atoms with Gasteiger partial charge in [0, 0.05) is 41.7 Å². The second-order valence-corrected chi connectivity index (χ2v) is 8.29. The van der Waals surface area contributed by atoms with E-state index in [0.717, 1.165) is 42.1 Å². The van der Waals surface area contributed by atoms with Crippen LogP contribution in [0.4, 0.5) is 4.39 Å². The molecule has 0 spiro atoms. The lowest BCUT2D eigenvalue weighted by Gasteiger charge is -2.36. The van der Waals surface area contributed by atoms with E-state index in [4.69, 9.17) is 9.47 Å². The van der Waals surface area contributed by atoms with Gasteiger partial charge >= 0.3 is 0 Å². The van der Waals surface area contributed by atoms with Crippen molar-refractivity contribution >= 4 is 11.3 Å². The number of ether oxygens (including phenoxy) is 2. The summed E-state index contributed by atoms with van der Waals surface area (Å²) in [5.41, 5.74) is 2.76. The Morgan fingerprint density at radius 2 is 2.04 bits per heavy atom. The molecule has 3 nitrogen and oxygen atoms in total. The van der Waals surface area contributed by atoms with E-state index in [9.17, 15) is 4.39 Å². The molecule has 5 heteroatoms. The SMILES string of the molecule is C[C@@H]1C[C@@H](C)CN(Cc2cc(F)cc3c2O[C@@H](c2ccsc2)OC3)C1. The largest absolute Gasteiger partial charge is 0.460 e. The molecule has 3 atom stereocenters. The van der Waals surface area contributed by atoms with Gasteiger partial charge in [0.05, 0.1) is 6.61 Å². The van der Waals surface area contributed by atoms with E-state index in [-0.39, 0.29) is 5.82 Å². The van der Waals surface area contributed by atoms with Gasteiger partial charge in [0.15, 0.2) is 0 Å². The predicted molar refractivity (Wildman–Crippen MR) is 97.1 cm³/mol. The highest BCUT2D eigenvalue weighted by Gasteiger charge is 2.28. The van der Waals surface area contributed by atoms with Crippen LogP contribution in [0.1, 0.15) is 43.2 Å². The Bertz CT molecular complexity index is 724. The van der Waals surface area contributed by atoms with E-state index in [1.54, 1.807) is 17.4 Å². The summed E-state index contributed by atoms with van der Waals surface area (Å²) in [6.07, 6.45) is 0.865. The van der Waals surface area contributed by atoms with Crippen LogP contribution >= 0.6 is 11.3 Å². The number of halogens is 1. The van der Waals surface area contributed by atoms with E-state index in [1.165, 1.54) is 12.5 Å². The van der Waals surface area contributed by atoms with Crippen molar-refractivity contribution in [3.63, 3.8) is 0 Å². The van der Waals surface area contributed by atoms with Crippen molar-refractivity contribution < 1.29 is 13.9 Å². The molecule has 1 aromatic carbocycles. The average Bonchev–Trinajstić information content (AvgIpc) is 3.08. The van der Waals surface area contributed by atoms with Crippen LogP contribution in [0.2, 0.25) is 0 Å². The number of likely N-dealkylation sites (tertiary alicyclic amines) is 1. The van der Waals surface area contributed by atoms with Crippen LogP contribution in [0, 0.1) is 17.7 Å². The number of fused-ring (bicyclic) bond motifs is 1. The summed E-state index contributed by atoms with van der Waals surface area (Å²) in [6.45, 7) is 7.81. The fourth-order valence-corrected chi connectivity index (χ4v) is 4.79. The topological polar surface area (TPSA) is 21.7 Å². The molecule has 2 aromatic rings. The van der Waals surface area contributed by atoms with Gasteiger partial charge in [0.1, 0.15) is 11.6 Å². The molecule has 25 heavy (non-hydrogen) atoms. The smallest absolute Gasteiger partial charge is 0.227 e. The minimum atomic E-state index is -0.401. The Kier molecular flexibility index (Phi) is 4.80. The monoisotopic (exact) mass is 361 g/mol. The highest BCUT2D eigenvalue weighted by Crippen LogP contribution is 2.38. The van der Waals surface area contributed by atoms with Gasteiger partial charge < -0.3 is 9.47 Å². The standard InChI is InChI=1S/C20H24FNO2S/c1-13-5-14(2)9-22(8-13)10-16-6-18(21)7-17-11-23-20(24-19(16)17)15-3-4-25-12-15/h3-4,6-7,12-14,20H,5,8-11H2,1-2H3/t13-,14-,20+/m1/s1. The van der Waals surface area contributed by atoms with Crippen LogP contribution in [0.5, 0.6) is 5.75 Å². The van der Waals surface area contributed by atoms with Gasteiger partial charge in [-0.2, -0.15) is 11.3 Å². The highest BCUT2D eigenvalue weighted by molar-refractivity contribution is 7.07. The second kappa shape index (κ2) is 7.06. The third kappa shape index (κ3) is 3.73. The van der Waals surface area contributed by atoms with Crippen molar-refractivity contribution in [1.82, 2.24) is 4.90 Å². The molecule has 1 fully saturated rings. The lowest BCUT2D eigenvalue weighted by atomic mass is 9.91. The third-order valence-electron chi connectivity index (χ3n) is 4.98. The summed E-state index contributed by atoms with van der Waals surface area (Å²) in [7, 11) is 0. The molecular weight excluding hydrogens is 337 g/mol. The maximum absolute atomic E-state index is 14.1. The van der Waals surface area contributed by atoms with Gasteiger partial charge in [-0.3, -0.25) is 4.90 Å². The quantitative estimate of drug-likeness (QED) is 0.770. The summed E-state index contributed by atoms with van der Waals surface area (Å²) in [4.78, 5) is 2.42. The molecule has 0 N–H and O–H groups in total. The summed E-state index contributed by atoms with van der Waals surface area (Å²) >= 11 is 1.62. The molecule has 0 amide bonds. The summed E-state index contributed by atoms with van der Waals surface area (Å²) in [6, 6.07) is 5.17. The first-order chi connectivity index (χ1) is 12.1. The van der Waals surface area contributed by atoms with Crippen molar-refractivity contribution in [2.45, 2.75) is 39.7 Å². The second-order valence-electron chi connectivity index (χ2n) is 7.51. The minimum Gasteiger partial charge on any atom is -0.460 e. The third-order valence-corrected chi connectivity index (χ3v) is 5.68. The fraction of sp³-hybridized carbons (Fsp3) is 0.500. The first-order valence-electron chi connectivity index (χ1n) is 8.92. The van der Waals surface area contributed by atoms with E-state index in [2.05, 4.69) is 18.7 Å². The zero-order valence-electron chi connectivity index (χ0n) is 14.7. The molecule has 0 aliphatic carbocycles. The molecule has 2 aliphatic rings. The summed E-state index contributed by atoms with van der Waals surface area (Å²) in [5, 5.41) is 4.05. The molecule has 4 rings (SSSR count). The first-order valence-corrected chi connectivity index (χ1v) is 9.86. The Morgan fingerprint density at radius 3 is 2.76 bits per heavy atom. The van der Waals surface area contributed by atoms with Crippen LogP contribution in [-0.2, 0) is 17.9 Å². The lowest BCUT2D eigenvalue weighted by Crippen LogP contribution is -2.38. The maximum Gasteiger partial charge on any atom is 0.227 e. The number of hydrogen-bond donors (Lipinski definition) is 0. The average molecular weight is 361 g/mol. The first kappa shape index (κ1) is 17.0. The highest BCUT2D eigenvalue weighted by atomic mass is 32.1. The van der Waals surface area contributed by atoms with Gasteiger partial charge in [0.25, 0.3) is 0 Å². The molecular formula is C20H24FNO2S. The Morgan fingerprint density at radius 1 is 1.24 bits per heavy atom. The summed E-state index contributed by atoms with van der Waals surface area (Å²) in [5.74, 6) is 1.94. The van der Waals surface area contributed by atoms with Crippen LogP contribution < -0.4 is 4.74 Å². The molecule has 1 aromatic heterocycles. The van der Waals surface area contributed by atoms with E-state index >= 15 is 0 Å². The van der Waals surface area contributed by atoms with Crippen LogP contribution in [-0.4, -0.2) is 18.0 Å². The van der Waals surface area contributed by atoms with E-state index < -0.39 is 6.29 Å². The van der Waals surface area contributed by atoms with Crippen molar-refractivity contribution in [3.05, 3.63) is 51.5 Å². The van der Waals surface area contributed by atoms with Gasteiger partial charge in [-0.1, -0.05) is 13.8 Å². The number of benzene rings is 1. The van der Waals surface area contributed by atoms with E-state index in [0.29, 0.717) is 18.4 Å². The van der Waals surface area contributed by atoms with Crippen molar-refractivity contribution in [2.24, 2.45) is 11.8 Å². The number of rotatable bonds is 3. The Labute approximate surface area is 152 Å². The van der Waals surface area contributed by atoms with Gasteiger partial charge in [-0.15, -0.1) is 0 Å². The molecule has 2 aliphatic heterocycles. The predicted octanol–water partition coefficient (Wildman–Crippen LogP) is 4.97. The number of nitrogens with zero attached hydrogens (tertiary/aromatic N) is 1. The van der Waals surface area contributed by atoms with Crippen molar-refractivity contribution in [1.29, 1.82) is 0 Å². The zero-order valence-corrected chi connectivity index (χ0v) is 15.5. The van der Waals surface area contributed by atoms with E-state index in [1.807, 2.05) is 16.8 Å². The summed E-state index contributed by atoms with van der Waals surface area (Å²) < 4.78 is 26.0. The fourth-order valence-electron chi connectivity index (χ4n) is 4.13. The number of thiophene rings is 1. The molecule has 0 bridgehead atoms. The number of hydrogen-bond acceptors (Lipinski definition) is 4. The molecule has 134 valence electrons. The minimum absolute atomic E-state index is 0.215. The van der Waals surface area contributed by atoms with Crippen LogP contribution in [0.25, 0.3) is 0 Å². The maximum atomic E-state index is 14.1. The van der Waals surface area contributed by atoms with Crippen molar-refractivity contribution in [3.8, 4) is 5.75 Å². The molecule has 0 radical (unpaired) electrons. The van der Waals surface area contributed by atoms with Gasteiger partial charge in [-0.05, 0) is 41.8 Å². The zero-order chi connectivity index (χ0) is 17.4. The molecule has 3 heterocycles. The lowest BCUT2D eigenvalue weighted by molar-refractivity contribution is -0.112. The molecule has 0 saturated carbocycles.